The Kier molecular flexibility index (Phi) is 9.76. The zero-order valence-electron chi connectivity index (χ0n) is 21.6. The van der Waals surface area contributed by atoms with Gasteiger partial charge in [0, 0.05) is 23.3 Å². The van der Waals surface area contributed by atoms with Gasteiger partial charge >= 0.3 is 5.97 Å². The van der Waals surface area contributed by atoms with Crippen LogP contribution in [0, 0.1) is 10.1 Å². The molecule has 0 bridgehead atoms. The molecule has 1 heterocycles. The van der Waals surface area contributed by atoms with E-state index < -0.39 is 10.9 Å². The molecule has 0 spiro atoms. The van der Waals surface area contributed by atoms with E-state index in [9.17, 15) is 19.7 Å². The van der Waals surface area contributed by atoms with E-state index in [4.69, 9.17) is 19.3 Å². The van der Waals surface area contributed by atoms with Crippen molar-refractivity contribution in [3.05, 3.63) is 112 Å². The summed E-state index contributed by atoms with van der Waals surface area (Å²) in [5, 5.41) is 19.4. The Hall–Kier alpha value is -4.80. The molecule has 0 aliphatic carbocycles. The van der Waals surface area contributed by atoms with E-state index in [1.54, 1.807) is 35.3 Å². The highest BCUT2D eigenvalue weighted by atomic mass is 16.6. The van der Waals surface area contributed by atoms with Crippen LogP contribution in [0.5, 0.6) is 5.75 Å². The van der Waals surface area contributed by atoms with Crippen molar-refractivity contribution in [1.82, 2.24) is 0 Å². The lowest BCUT2D eigenvalue weighted by molar-refractivity contribution is -0.384. The average molecular weight is 545 g/mol. The second-order valence-electron chi connectivity index (χ2n) is 8.75. The predicted molar refractivity (Wildman–Crippen MR) is 149 cm³/mol. The highest BCUT2D eigenvalue weighted by Gasteiger charge is 2.31. The third-order valence-electron chi connectivity index (χ3n) is 5.97. The summed E-state index contributed by atoms with van der Waals surface area (Å²) in [6, 6.07) is 21.3. The highest BCUT2D eigenvalue weighted by Crippen LogP contribution is 2.37. The number of nitro benzene ring substituents is 1. The Morgan fingerprint density at radius 2 is 1.62 bits per heavy atom. The summed E-state index contributed by atoms with van der Waals surface area (Å²) in [6.45, 7) is 1.19. The van der Waals surface area contributed by atoms with Crippen LogP contribution in [-0.2, 0) is 25.6 Å². The van der Waals surface area contributed by atoms with Crippen LogP contribution >= 0.6 is 0 Å². The molecule has 1 aliphatic rings. The number of nitro groups is 1. The minimum Gasteiger partial charge on any atom is -0.491 e. The molecule has 1 aliphatic heterocycles. The number of allylic oxidation sites excluding steroid dienone is 2. The van der Waals surface area contributed by atoms with Crippen molar-refractivity contribution in [1.29, 1.82) is 0 Å². The minimum absolute atomic E-state index is 0.0249. The molecule has 4 rings (SSSR count). The van der Waals surface area contributed by atoms with Crippen molar-refractivity contribution in [3.8, 4) is 5.75 Å². The molecule has 0 saturated carbocycles. The van der Waals surface area contributed by atoms with Crippen LogP contribution in [0.3, 0.4) is 0 Å². The van der Waals surface area contributed by atoms with E-state index in [1.807, 2.05) is 48.5 Å². The number of carbonyl (C=O) groups excluding carboxylic acids is 1. The van der Waals surface area contributed by atoms with Gasteiger partial charge in [-0.2, -0.15) is 0 Å². The standard InChI is InChI=1S/C30H28N2O8/c33-29(34)21-39-17-16-38-18-19-40-25-14-10-23(11-15-25)20-31-28-7-2-1-5-26(28)27(30(31)35)6-3-4-22-8-12-24(13-9-22)32(36)37/h1-15H,16-21H2,(H,33,34). The molecule has 1 N–H and O–H groups in total. The van der Waals surface area contributed by atoms with Gasteiger partial charge in [0.2, 0.25) is 0 Å². The van der Waals surface area contributed by atoms with Gasteiger partial charge in [-0.1, -0.05) is 42.5 Å². The van der Waals surface area contributed by atoms with E-state index in [1.165, 1.54) is 12.1 Å². The Labute approximate surface area is 230 Å². The van der Waals surface area contributed by atoms with Crippen molar-refractivity contribution >= 4 is 34.9 Å². The lowest BCUT2D eigenvalue weighted by Crippen LogP contribution is -2.25. The van der Waals surface area contributed by atoms with E-state index in [-0.39, 0.29) is 31.4 Å². The lowest BCUT2D eigenvalue weighted by Gasteiger charge is -2.17. The van der Waals surface area contributed by atoms with Gasteiger partial charge in [0.05, 0.1) is 37.0 Å². The number of ether oxygens (including phenoxy) is 3. The van der Waals surface area contributed by atoms with Crippen molar-refractivity contribution in [2.75, 3.05) is 37.9 Å². The first-order chi connectivity index (χ1) is 19.4. The Bertz CT molecular complexity index is 1400. The molecule has 10 nitrogen and oxygen atoms in total. The van der Waals surface area contributed by atoms with E-state index in [0.29, 0.717) is 31.1 Å². The molecule has 0 fully saturated rings. The van der Waals surface area contributed by atoms with Gasteiger partial charge in [-0.3, -0.25) is 14.9 Å². The summed E-state index contributed by atoms with van der Waals surface area (Å²) in [6.07, 6.45) is 5.33. The van der Waals surface area contributed by atoms with Crippen molar-refractivity contribution in [2.45, 2.75) is 6.54 Å². The molecule has 0 aromatic heterocycles. The fourth-order valence-electron chi connectivity index (χ4n) is 4.06. The number of fused-ring (bicyclic) bond motifs is 1. The average Bonchev–Trinajstić information content (AvgIpc) is 3.21. The van der Waals surface area contributed by atoms with Crippen LogP contribution < -0.4 is 9.64 Å². The molecule has 0 atom stereocenters. The summed E-state index contributed by atoms with van der Waals surface area (Å²) in [7, 11) is 0. The fraction of sp³-hybridized carbons (Fsp3) is 0.200. The maximum atomic E-state index is 13.4. The summed E-state index contributed by atoms with van der Waals surface area (Å²) in [4.78, 5) is 35.9. The number of benzene rings is 3. The number of rotatable bonds is 14. The molecule has 0 radical (unpaired) electrons. The zero-order valence-corrected chi connectivity index (χ0v) is 21.6. The third kappa shape index (κ3) is 7.62. The largest absolute Gasteiger partial charge is 0.491 e. The van der Waals surface area contributed by atoms with Gasteiger partial charge < -0.3 is 24.2 Å². The number of carbonyl (C=O) groups is 2. The molecular formula is C30H28N2O8. The van der Waals surface area contributed by atoms with E-state index >= 15 is 0 Å². The molecule has 40 heavy (non-hydrogen) atoms. The molecule has 0 saturated heterocycles. The second kappa shape index (κ2) is 13.8. The van der Waals surface area contributed by atoms with E-state index in [2.05, 4.69) is 0 Å². The minimum atomic E-state index is -1.02. The van der Waals surface area contributed by atoms with Crippen LogP contribution in [0.4, 0.5) is 11.4 Å². The summed E-state index contributed by atoms with van der Waals surface area (Å²) < 4.78 is 15.9. The Morgan fingerprint density at radius 1 is 0.925 bits per heavy atom. The highest BCUT2D eigenvalue weighted by molar-refractivity contribution is 6.32. The maximum Gasteiger partial charge on any atom is 0.329 e. The number of carboxylic acids is 1. The van der Waals surface area contributed by atoms with Gasteiger partial charge in [-0.15, -0.1) is 0 Å². The first-order valence-electron chi connectivity index (χ1n) is 12.6. The number of para-hydroxylation sites is 1. The lowest BCUT2D eigenvalue weighted by atomic mass is 10.1. The van der Waals surface area contributed by atoms with Gasteiger partial charge in [0.1, 0.15) is 19.0 Å². The van der Waals surface area contributed by atoms with Crippen LogP contribution in [0.1, 0.15) is 16.7 Å². The first-order valence-corrected chi connectivity index (χ1v) is 12.6. The molecule has 206 valence electrons. The van der Waals surface area contributed by atoms with Crippen LogP contribution in [0.25, 0.3) is 11.6 Å². The quantitative estimate of drug-likeness (QED) is 0.133. The topological polar surface area (TPSA) is 128 Å². The predicted octanol–water partition coefficient (Wildman–Crippen LogP) is 4.74. The fourth-order valence-corrected chi connectivity index (χ4v) is 4.06. The number of nitrogens with zero attached hydrogens (tertiary/aromatic N) is 2. The normalized spacial score (nSPS) is 13.7. The zero-order chi connectivity index (χ0) is 28.3. The molecular weight excluding hydrogens is 516 g/mol. The molecule has 1 amide bonds. The molecule has 10 heteroatoms. The number of carboxylic acid groups (broad SMARTS) is 1. The number of anilines is 1. The van der Waals surface area contributed by atoms with Gasteiger partial charge in [-0.25, -0.2) is 4.79 Å². The Balaban J connectivity index is 1.33. The number of non-ortho nitro benzene ring substituents is 1. The summed E-state index contributed by atoms with van der Waals surface area (Å²) >= 11 is 0. The van der Waals surface area contributed by atoms with E-state index in [0.717, 1.165) is 22.4 Å². The monoisotopic (exact) mass is 544 g/mol. The van der Waals surface area contributed by atoms with Crippen LogP contribution in [-0.4, -0.2) is 54.9 Å². The molecule has 0 unspecified atom stereocenters. The van der Waals surface area contributed by atoms with Gasteiger partial charge in [0.25, 0.3) is 11.6 Å². The molecule has 3 aromatic rings. The van der Waals surface area contributed by atoms with Gasteiger partial charge in [0.15, 0.2) is 0 Å². The summed E-state index contributed by atoms with van der Waals surface area (Å²) in [5.74, 6) is -0.463. The second-order valence-corrected chi connectivity index (χ2v) is 8.75. The van der Waals surface area contributed by atoms with Crippen LogP contribution in [0.15, 0.2) is 84.9 Å². The van der Waals surface area contributed by atoms with Crippen molar-refractivity contribution < 1.29 is 33.8 Å². The SMILES string of the molecule is O=C(O)COCCOCCOc1ccc(CN2C(=O)C(=CC=Cc3ccc([N+](=O)[O-])cc3)c3ccccc32)cc1. The number of amides is 1. The number of hydrogen-bond donors (Lipinski definition) is 1. The van der Waals surface area contributed by atoms with Crippen molar-refractivity contribution in [3.63, 3.8) is 0 Å². The maximum absolute atomic E-state index is 13.4. The first kappa shape index (κ1) is 28.2. The molecule has 3 aromatic carbocycles. The third-order valence-corrected chi connectivity index (χ3v) is 5.97. The number of hydrogen-bond acceptors (Lipinski definition) is 7. The van der Waals surface area contributed by atoms with Crippen LogP contribution in [0.2, 0.25) is 0 Å². The van der Waals surface area contributed by atoms with Gasteiger partial charge in [-0.05, 0) is 47.5 Å². The number of aliphatic carboxylic acids is 1. The van der Waals surface area contributed by atoms with Crippen molar-refractivity contribution in [2.24, 2.45) is 0 Å². The Morgan fingerprint density at radius 3 is 2.35 bits per heavy atom. The summed E-state index contributed by atoms with van der Waals surface area (Å²) in [5.41, 5.74) is 3.99. The smallest absolute Gasteiger partial charge is 0.329 e.